The Kier molecular flexibility index (Phi) is 5.19. The summed E-state index contributed by atoms with van der Waals surface area (Å²) >= 11 is 12.0. The van der Waals surface area contributed by atoms with Crippen LogP contribution >= 0.6 is 23.2 Å². The number of nitrogens with two attached hydrogens (primary N) is 1. The predicted octanol–water partition coefficient (Wildman–Crippen LogP) is 2.98. The highest BCUT2D eigenvalue weighted by atomic mass is 35.5. The maximum atomic E-state index is 12.9. The van der Waals surface area contributed by atoms with Gasteiger partial charge in [0.2, 0.25) is 5.91 Å². The molecule has 2 rings (SSSR count). The largest absolute Gasteiger partial charge is 0.368 e. The molecule has 122 valence electrons. The number of primary amides is 1. The van der Waals surface area contributed by atoms with Crippen molar-refractivity contribution < 1.29 is 13.2 Å². The van der Waals surface area contributed by atoms with E-state index in [0.29, 0.717) is 0 Å². The van der Waals surface area contributed by atoms with Gasteiger partial charge in [-0.05, 0) is 37.3 Å². The van der Waals surface area contributed by atoms with Crippen molar-refractivity contribution in [2.45, 2.75) is 11.8 Å². The summed E-state index contributed by atoms with van der Waals surface area (Å²) in [6.07, 6.45) is 0. The number of carbonyl (C=O) groups excluding carboxylic acids is 1. The van der Waals surface area contributed by atoms with E-state index in [0.717, 1.165) is 9.87 Å². The molecule has 0 aliphatic carbocycles. The van der Waals surface area contributed by atoms with Crippen molar-refractivity contribution in [1.29, 1.82) is 0 Å². The standard InChI is InChI=1S/C15H14Cl2N2O3S/c1-10-2-5-12(6-3-10)23(21,22)19(9-15(18)20)14-8-11(16)4-7-13(14)17/h2-8H,9H2,1H3,(H2,18,20). The summed E-state index contributed by atoms with van der Waals surface area (Å²) in [5.74, 6) is -0.809. The zero-order chi connectivity index (χ0) is 17.2. The number of carbonyl (C=O) groups is 1. The van der Waals surface area contributed by atoms with E-state index in [1.54, 1.807) is 12.1 Å². The van der Waals surface area contributed by atoms with Gasteiger partial charge in [-0.3, -0.25) is 9.10 Å². The second kappa shape index (κ2) is 6.78. The molecule has 23 heavy (non-hydrogen) atoms. The van der Waals surface area contributed by atoms with Crippen LogP contribution in [0.4, 0.5) is 5.69 Å². The summed E-state index contributed by atoms with van der Waals surface area (Å²) in [6, 6.07) is 10.6. The van der Waals surface area contributed by atoms with Gasteiger partial charge in [0.05, 0.1) is 15.6 Å². The first kappa shape index (κ1) is 17.6. The molecule has 0 bridgehead atoms. The maximum Gasteiger partial charge on any atom is 0.264 e. The Balaban J connectivity index is 2.60. The van der Waals surface area contributed by atoms with E-state index in [1.807, 2.05) is 6.92 Å². The van der Waals surface area contributed by atoms with Crippen molar-refractivity contribution in [3.8, 4) is 0 Å². The molecule has 0 atom stereocenters. The average Bonchev–Trinajstić information content (AvgIpc) is 2.47. The lowest BCUT2D eigenvalue weighted by atomic mass is 10.2. The van der Waals surface area contributed by atoms with Gasteiger partial charge in [-0.1, -0.05) is 40.9 Å². The first-order chi connectivity index (χ1) is 10.7. The zero-order valence-electron chi connectivity index (χ0n) is 12.2. The van der Waals surface area contributed by atoms with Gasteiger partial charge < -0.3 is 5.73 Å². The van der Waals surface area contributed by atoms with E-state index < -0.39 is 22.5 Å². The molecule has 0 saturated carbocycles. The Morgan fingerprint density at radius 2 is 1.74 bits per heavy atom. The van der Waals surface area contributed by atoms with Crippen LogP contribution in [0, 0.1) is 6.92 Å². The molecule has 2 N–H and O–H groups in total. The maximum absolute atomic E-state index is 12.9. The van der Waals surface area contributed by atoms with Crippen LogP contribution in [0.15, 0.2) is 47.4 Å². The Morgan fingerprint density at radius 3 is 2.30 bits per heavy atom. The molecule has 8 heteroatoms. The third kappa shape index (κ3) is 3.96. The Labute approximate surface area is 144 Å². The van der Waals surface area contributed by atoms with Crippen LogP contribution in [0.2, 0.25) is 10.0 Å². The van der Waals surface area contributed by atoms with E-state index in [-0.39, 0.29) is 20.6 Å². The monoisotopic (exact) mass is 372 g/mol. The van der Waals surface area contributed by atoms with Crippen molar-refractivity contribution in [1.82, 2.24) is 0 Å². The molecular weight excluding hydrogens is 359 g/mol. The summed E-state index contributed by atoms with van der Waals surface area (Å²) in [4.78, 5) is 11.4. The lowest BCUT2D eigenvalue weighted by Gasteiger charge is -2.24. The van der Waals surface area contributed by atoms with Crippen LogP contribution in [0.25, 0.3) is 0 Å². The second-order valence-electron chi connectivity index (χ2n) is 4.89. The van der Waals surface area contributed by atoms with Gasteiger partial charge in [0.15, 0.2) is 0 Å². The van der Waals surface area contributed by atoms with Gasteiger partial charge in [0.1, 0.15) is 6.54 Å². The Bertz CT molecular complexity index is 836. The fraction of sp³-hybridized carbons (Fsp3) is 0.133. The quantitative estimate of drug-likeness (QED) is 0.875. The van der Waals surface area contributed by atoms with Crippen molar-refractivity contribution >= 4 is 44.8 Å². The van der Waals surface area contributed by atoms with Crippen molar-refractivity contribution in [2.24, 2.45) is 5.73 Å². The molecule has 0 fully saturated rings. The SMILES string of the molecule is Cc1ccc(S(=O)(=O)N(CC(N)=O)c2cc(Cl)ccc2Cl)cc1. The fourth-order valence-corrected chi connectivity index (χ4v) is 3.83. The Morgan fingerprint density at radius 1 is 1.13 bits per heavy atom. The van der Waals surface area contributed by atoms with Gasteiger partial charge in [-0.2, -0.15) is 0 Å². The number of nitrogens with zero attached hydrogens (tertiary/aromatic N) is 1. The predicted molar refractivity (Wildman–Crippen MR) is 91.4 cm³/mol. The number of anilines is 1. The van der Waals surface area contributed by atoms with Crippen LogP contribution in [0.3, 0.4) is 0 Å². The number of amides is 1. The summed E-state index contributed by atoms with van der Waals surface area (Å²) < 4.78 is 26.6. The van der Waals surface area contributed by atoms with Crippen molar-refractivity contribution in [3.05, 3.63) is 58.1 Å². The number of aryl methyl sites for hydroxylation is 1. The van der Waals surface area contributed by atoms with Gasteiger partial charge in [-0.25, -0.2) is 8.42 Å². The minimum absolute atomic E-state index is 0.0281. The lowest BCUT2D eigenvalue weighted by Crippen LogP contribution is -2.38. The Hall–Kier alpha value is -1.76. The van der Waals surface area contributed by atoms with Crippen LogP contribution in [0.1, 0.15) is 5.56 Å². The van der Waals surface area contributed by atoms with Crippen LogP contribution in [0.5, 0.6) is 0 Å². The normalized spacial score (nSPS) is 11.3. The number of hydrogen-bond donors (Lipinski definition) is 1. The topological polar surface area (TPSA) is 80.5 Å². The van der Waals surface area contributed by atoms with E-state index in [9.17, 15) is 13.2 Å². The number of hydrogen-bond acceptors (Lipinski definition) is 3. The molecular formula is C15H14Cl2N2O3S. The number of sulfonamides is 1. The molecule has 0 aromatic heterocycles. The molecule has 2 aromatic rings. The molecule has 0 unspecified atom stereocenters. The highest BCUT2D eigenvalue weighted by Crippen LogP contribution is 2.32. The summed E-state index contributed by atoms with van der Waals surface area (Å²) in [5.41, 5.74) is 6.20. The second-order valence-corrected chi connectivity index (χ2v) is 7.59. The molecule has 0 saturated heterocycles. The smallest absolute Gasteiger partial charge is 0.264 e. The fourth-order valence-electron chi connectivity index (χ4n) is 1.96. The molecule has 0 spiro atoms. The molecule has 0 heterocycles. The number of halogens is 2. The summed E-state index contributed by atoms with van der Waals surface area (Å²) in [6.45, 7) is 1.29. The number of rotatable bonds is 5. The van der Waals surface area contributed by atoms with Crippen molar-refractivity contribution in [3.63, 3.8) is 0 Å². The van der Waals surface area contributed by atoms with Gasteiger partial charge in [0, 0.05) is 5.02 Å². The van der Waals surface area contributed by atoms with Gasteiger partial charge in [-0.15, -0.1) is 0 Å². The minimum Gasteiger partial charge on any atom is -0.368 e. The van der Waals surface area contributed by atoms with Crippen LogP contribution in [-0.4, -0.2) is 20.9 Å². The molecule has 0 aliphatic rings. The van der Waals surface area contributed by atoms with E-state index in [2.05, 4.69) is 0 Å². The average molecular weight is 373 g/mol. The number of benzene rings is 2. The lowest BCUT2D eigenvalue weighted by molar-refractivity contribution is -0.116. The van der Waals surface area contributed by atoms with Crippen LogP contribution < -0.4 is 10.0 Å². The molecule has 5 nitrogen and oxygen atoms in total. The first-order valence-electron chi connectivity index (χ1n) is 6.54. The van der Waals surface area contributed by atoms with Gasteiger partial charge in [0.25, 0.3) is 10.0 Å². The van der Waals surface area contributed by atoms with Crippen LogP contribution in [-0.2, 0) is 14.8 Å². The molecule has 2 aromatic carbocycles. The summed E-state index contributed by atoms with van der Waals surface area (Å²) in [7, 11) is -4.02. The van der Waals surface area contributed by atoms with Gasteiger partial charge >= 0.3 is 0 Å². The molecule has 0 aliphatic heterocycles. The molecule has 0 radical (unpaired) electrons. The van der Waals surface area contributed by atoms with E-state index >= 15 is 0 Å². The zero-order valence-corrected chi connectivity index (χ0v) is 14.5. The third-order valence-corrected chi connectivity index (χ3v) is 5.41. The van der Waals surface area contributed by atoms with E-state index in [4.69, 9.17) is 28.9 Å². The highest BCUT2D eigenvalue weighted by Gasteiger charge is 2.28. The minimum atomic E-state index is -4.02. The highest BCUT2D eigenvalue weighted by molar-refractivity contribution is 7.92. The molecule has 1 amide bonds. The summed E-state index contributed by atoms with van der Waals surface area (Å²) in [5, 5.41) is 0.435. The van der Waals surface area contributed by atoms with E-state index in [1.165, 1.54) is 30.3 Å². The van der Waals surface area contributed by atoms with Crippen molar-refractivity contribution in [2.75, 3.05) is 10.8 Å². The third-order valence-electron chi connectivity index (χ3n) is 3.09. The first-order valence-corrected chi connectivity index (χ1v) is 8.74.